The second kappa shape index (κ2) is 6.41. The SMILES string of the molecule is Cl.O=S(CC1CCNC1)c1cnc2ccccc2n1. The summed E-state index contributed by atoms with van der Waals surface area (Å²) in [4.78, 5) is 8.74. The highest BCUT2D eigenvalue weighted by molar-refractivity contribution is 7.84. The fourth-order valence-corrected chi connectivity index (χ4v) is 3.46. The summed E-state index contributed by atoms with van der Waals surface area (Å²) < 4.78 is 12.2. The average molecular weight is 298 g/mol. The minimum atomic E-state index is -1.04. The second-order valence-electron chi connectivity index (χ2n) is 4.57. The summed E-state index contributed by atoms with van der Waals surface area (Å²) in [5.74, 6) is 1.18. The van der Waals surface area contributed by atoms with Crippen molar-refractivity contribution in [2.75, 3.05) is 18.8 Å². The van der Waals surface area contributed by atoms with Gasteiger partial charge in [0, 0.05) is 5.75 Å². The van der Waals surface area contributed by atoms with Crippen molar-refractivity contribution >= 4 is 34.2 Å². The van der Waals surface area contributed by atoms with Gasteiger partial charge in [-0.2, -0.15) is 0 Å². The third-order valence-electron chi connectivity index (χ3n) is 3.21. The first-order chi connectivity index (χ1) is 8.83. The van der Waals surface area contributed by atoms with Gasteiger partial charge in [-0.3, -0.25) is 9.19 Å². The summed E-state index contributed by atoms with van der Waals surface area (Å²) in [5.41, 5.74) is 1.66. The van der Waals surface area contributed by atoms with Crippen molar-refractivity contribution in [3.63, 3.8) is 0 Å². The summed E-state index contributed by atoms with van der Waals surface area (Å²) in [7, 11) is -1.04. The van der Waals surface area contributed by atoms with E-state index in [9.17, 15) is 4.21 Å². The summed E-state index contributed by atoms with van der Waals surface area (Å²) in [5, 5.41) is 3.89. The maximum absolute atomic E-state index is 12.2. The molecule has 0 aliphatic carbocycles. The standard InChI is InChI=1S/C13H15N3OS.ClH/c17-18(9-10-5-6-14-7-10)13-8-15-11-3-1-2-4-12(11)16-13;/h1-4,8,10,14H,5-7,9H2;1H. The molecule has 1 aliphatic rings. The van der Waals surface area contributed by atoms with Gasteiger partial charge in [0.05, 0.1) is 28.0 Å². The molecule has 19 heavy (non-hydrogen) atoms. The third kappa shape index (κ3) is 3.29. The topological polar surface area (TPSA) is 54.9 Å². The van der Waals surface area contributed by atoms with Crippen LogP contribution in [0.2, 0.25) is 0 Å². The van der Waals surface area contributed by atoms with Crippen LogP contribution in [0.1, 0.15) is 6.42 Å². The highest BCUT2D eigenvalue weighted by Crippen LogP contribution is 2.15. The van der Waals surface area contributed by atoms with Crippen LogP contribution in [0.5, 0.6) is 0 Å². The highest BCUT2D eigenvalue weighted by atomic mass is 35.5. The Morgan fingerprint density at radius 3 is 2.84 bits per heavy atom. The van der Waals surface area contributed by atoms with Crippen LogP contribution < -0.4 is 5.32 Å². The van der Waals surface area contributed by atoms with Gasteiger partial charge in [0.15, 0.2) is 0 Å². The van der Waals surface area contributed by atoms with Crippen LogP contribution in [0.3, 0.4) is 0 Å². The molecule has 1 aromatic carbocycles. The molecule has 102 valence electrons. The monoisotopic (exact) mass is 297 g/mol. The van der Waals surface area contributed by atoms with Crippen LogP contribution in [0, 0.1) is 5.92 Å². The molecule has 0 amide bonds. The number of hydrogen-bond acceptors (Lipinski definition) is 4. The molecular formula is C13H16ClN3OS. The Balaban J connectivity index is 0.00000133. The Kier molecular flexibility index (Phi) is 4.85. The predicted octanol–water partition coefficient (Wildman–Crippen LogP) is 1.77. The molecule has 2 aromatic rings. The van der Waals surface area contributed by atoms with Gasteiger partial charge in [0.2, 0.25) is 0 Å². The lowest BCUT2D eigenvalue weighted by Crippen LogP contribution is -2.15. The predicted molar refractivity (Wildman–Crippen MR) is 79.0 cm³/mol. The Bertz CT molecular complexity index is 587. The normalized spacial score (nSPS) is 20.1. The largest absolute Gasteiger partial charge is 0.316 e. The van der Waals surface area contributed by atoms with E-state index in [0.29, 0.717) is 16.7 Å². The van der Waals surface area contributed by atoms with Gasteiger partial charge in [-0.05, 0) is 37.6 Å². The lowest BCUT2D eigenvalue weighted by atomic mass is 10.2. The van der Waals surface area contributed by atoms with Gasteiger partial charge >= 0.3 is 0 Å². The van der Waals surface area contributed by atoms with Crippen molar-refractivity contribution in [3.05, 3.63) is 30.5 Å². The summed E-state index contributed by atoms with van der Waals surface area (Å²) in [6, 6.07) is 7.67. The summed E-state index contributed by atoms with van der Waals surface area (Å²) >= 11 is 0. The number of nitrogens with zero attached hydrogens (tertiary/aromatic N) is 2. The molecule has 2 heterocycles. The van der Waals surface area contributed by atoms with Crippen molar-refractivity contribution in [1.29, 1.82) is 0 Å². The van der Waals surface area contributed by atoms with E-state index in [-0.39, 0.29) is 12.4 Å². The van der Waals surface area contributed by atoms with Gasteiger partial charge in [-0.1, -0.05) is 12.1 Å². The number of hydrogen-bond donors (Lipinski definition) is 1. The zero-order valence-electron chi connectivity index (χ0n) is 10.4. The zero-order chi connectivity index (χ0) is 12.4. The van der Waals surface area contributed by atoms with Gasteiger partial charge in [0.1, 0.15) is 5.03 Å². The van der Waals surface area contributed by atoms with Crippen molar-refractivity contribution in [2.45, 2.75) is 11.4 Å². The maximum Gasteiger partial charge on any atom is 0.146 e. The van der Waals surface area contributed by atoms with Gasteiger partial charge in [0.25, 0.3) is 0 Å². The van der Waals surface area contributed by atoms with E-state index >= 15 is 0 Å². The number of nitrogens with one attached hydrogen (secondary N) is 1. The van der Waals surface area contributed by atoms with Crippen molar-refractivity contribution in [3.8, 4) is 0 Å². The average Bonchev–Trinajstić information content (AvgIpc) is 2.91. The number of para-hydroxylation sites is 2. The minimum Gasteiger partial charge on any atom is -0.316 e. The molecule has 2 atom stereocenters. The van der Waals surface area contributed by atoms with Crippen LogP contribution in [0.25, 0.3) is 11.0 Å². The van der Waals surface area contributed by atoms with E-state index in [1.807, 2.05) is 24.3 Å². The van der Waals surface area contributed by atoms with Crippen LogP contribution in [0.4, 0.5) is 0 Å². The molecule has 1 saturated heterocycles. The van der Waals surface area contributed by atoms with Crippen LogP contribution in [-0.4, -0.2) is 33.0 Å². The maximum atomic E-state index is 12.2. The first kappa shape index (κ1) is 14.4. The molecule has 3 rings (SSSR count). The van der Waals surface area contributed by atoms with E-state index < -0.39 is 10.8 Å². The number of fused-ring (bicyclic) bond motifs is 1. The third-order valence-corrected chi connectivity index (χ3v) is 4.65. The number of benzene rings is 1. The minimum absolute atomic E-state index is 0. The molecule has 1 fully saturated rings. The fourth-order valence-electron chi connectivity index (χ4n) is 2.21. The Morgan fingerprint density at radius 2 is 2.11 bits per heavy atom. The van der Waals surface area contributed by atoms with E-state index in [4.69, 9.17) is 0 Å². The summed E-state index contributed by atoms with van der Waals surface area (Å²) in [6.07, 6.45) is 2.74. The number of aromatic nitrogens is 2. The highest BCUT2D eigenvalue weighted by Gasteiger charge is 2.19. The summed E-state index contributed by atoms with van der Waals surface area (Å²) in [6.45, 7) is 2.00. The van der Waals surface area contributed by atoms with Crippen LogP contribution in [0.15, 0.2) is 35.5 Å². The van der Waals surface area contributed by atoms with Gasteiger partial charge in [-0.25, -0.2) is 4.98 Å². The molecule has 1 N–H and O–H groups in total. The van der Waals surface area contributed by atoms with Crippen molar-refractivity contribution < 1.29 is 4.21 Å². The molecule has 4 nitrogen and oxygen atoms in total. The molecule has 1 aliphatic heterocycles. The Hall–Kier alpha value is -1.04. The first-order valence-corrected chi connectivity index (χ1v) is 7.46. The molecule has 0 bridgehead atoms. The van der Waals surface area contributed by atoms with E-state index in [1.54, 1.807) is 6.20 Å². The van der Waals surface area contributed by atoms with E-state index in [0.717, 1.165) is 30.5 Å². The molecular weight excluding hydrogens is 282 g/mol. The first-order valence-electron chi connectivity index (χ1n) is 6.14. The zero-order valence-corrected chi connectivity index (χ0v) is 12.0. The molecule has 2 unspecified atom stereocenters. The molecule has 6 heteroatoms. The molecule has 1 aromatic heterocycles. The Labute approximate surface area is 120 Å². The smallest absolute Gasteiger partial charge is 0.146 e. The van der Waals surface area contributed by atoms with Crippen LogP contribution >= 0.6 is 12.4 Å². The van der Waals surface area contributed by atoms with E-state index in [2.05, 4.69) is 15.3 Å². The Morgan fingerprint density at radius 1 is 1.32 bits per heavy atom. The number of halogens is 1. The quantitative estimate of drug-likeness (QED) is 0.938. The second-order valence-corrected chi connectivity index (χ2v) is 6.01. The van der Waals surface area contributed by atoms with Gasteiger partial charge < -0.3 is 5.32 Å². The van der Waals surface area contributed by atoms with E-state index in [1.165, 1.54) is 0 Å². The van der Waals surface area contributed by atoms with Crippen molar-refractivity contribution in [1.82, 2.24) is 15.3 Å². The lowest BCUT2D eigenvalue weighted by molar-refractivity contribution is 0.631. The molecule has 0 saturated carbocycles. The van der Waals surface area contributed by atoms with Gasteiger partial charge in [-0.15, -0.1) is 12.4 Å². The van der Waals surface area contributed by atoms with Crippen molar-refractivity contribution in [2.24, 2.45) is 5.92 Å². The fraction of sp³-hybridized carbons (Fsp3) is 0.385. The molecule has 0 radical (unpaired) electrons. The lowest BCUT2D eigenvalue weighted by Gasteiger charge is -2.07. The molecule has 0 spiro atoms. The van der Waals surface area contributed by atoms with Crippen LogP contribution in [-0.2, 0) is 10.8 Å². The number of rotatable bonds is 3.